The lowest BCUT2D eigenvalue weighted by Gasteiger charge is -2.40. The Morgan fingerprint density at radius 3 is 2.22 bits per heavy atom. The highest BCUT2D eigenvalue weighted by Gasteiger charge is 2.50. The number of rotatable bonds is 8. The third-order valence-corrected chi connectivity index (χ3v) is 9.98. The standard InChI is InChI=1S/C21H34O5Si/c1-9-17-18(24-14-15-10-12-16(22-5)13-11-15)19(20(23-6)25-17)26-27(7,8)21(2,3)4/h9-13,17-20H,1,14H2,2-8H3/t17-,18-,19+,20-/m1/s1. The summed E-state index contributed by atoms with van der Waals surface area (Å²) in [6.45, 7) is 15.5. The molecule has 0 aromatic heterocycles. The van der Waals surface area contributed by atoms with Gasteiger partial charge < -0.3 is 23.4 Å². The van der Waals surface area contributed by atoms with Crippen LogP contribution in [0.3, 0.4) is 0 Å². The monoisotopic (exact) mass is 394 g/mol. The van der Waals surface area contributed by atoms with E-state index in [0.717, 1.165) is 11.3 Å². The molecule has 152 valence electrons. The van der Waals surface area contributed by atoms with Crippen molar-refractivity contribution in [2.75, 3.05) is 14.2 Å². The minimum absolute atomic E-state index is 0.0814. The number of ether oxygens (including phenoxy) is 4. The number of methoxy groups -OCH3 is 2. The van der Waals surface area contributed by atoms with Crippen LogP contribution in [0.2, 0.25) is 18.1 Å². The first-order valence-electron chi connectivity index (χ1n) is 9.36. The van der Waals surface area contributed by atoms with Crippen molar-refractivity contribution in [2.24, 2.45) is 0 Å². The molecule has 2 rings (SSSR count). The Kier molecular flexibility index (Phi) is 7.27. The van der Waals surface area contributed by atoms with Crippen molar-refractivity contribution >= 4 is 8.32 Å². The summed E-state index contributed by atoms with van der Waals surface area (Å²) in [6, 6.07) is 7.84. The zero-order valence-electron chi connectivity index (χ0n) is 17.7. The van der Waals surface area contributed by atoms with Crippen molar-refractivity contribution < 1.29 is 23.4 Å². The van der Waals surface area contributed by atoms with E-state index in [1.165, 1.54) is 0 Å². The van der Waals surface area contributed by atoms with Crippen LogP contribution in [0.5, 0.6) is 5.75 Å². The molecular formula is C21H34O5Si. The summed E-state index contributed by atoms with van der Waals surface area (Å²) in [4.78, 5) is 0. The molecule has 0 unspecified atom stereocenters. The van der Waals surface area contributed by atoms with Gasteiger partial charge in [0.25, 0.3) is 0 Å². The van der Waals surface area contributed by atoms with E-state index in [4.69, 9.17) is 23.4 Å². The molecule has 1 saturated heterocycles. The summed E-state index contributed by atoms with van der Waals surface area (Å²) in [5.41, 5.74) is 1.06. The van der Waals surface area contributed by atoms with E-state index >= 15 is 0 Å². The molecule has 1 aromatic carbocycles. The molecule has 0 N–H and O–H groups in total. The van der Waals surface area contributed by atoms with Crippen molar-refractivity contribution in [3.63, 3.8) is 0 Å². The smallest absolute Gasteiger partial charge is 0.192 e. The third-order valence-electron chi connectivity index (χ3n) is 5.51. The largest absolute Gasteiger partial charge is 0.497 e. The lowest BCUT2D eigenvalue weighted by molar-refractivity contribution is -0.139. The van der Waals surface area contributed by atoms with Crippen LogP contribution >= 0.6 is 0 Å². The van der Waals surface area contributed by atoms with Crippen molar-refractivity contribution in [1.29, 1.82) is 0 Å². The predicted molar refractivity (Wildman–Crippen MR) is 110 cm³/mol. The molecule has 1 fully saturated rings. The lowest BCUT2D eigenvalue weighted by atomic mass is 10.1. The minimum atomic E-state index is -2.02. The van der Waals surface area contributed by atoms with Gasteiger partial charge in [0.05, 0.1) is 13.7 Å². The minimum Gasteiger partial charge on any atom is -0.497 e. The van der Waals surface area contributed by atoms with Gasteiger partial charge in [-0.2, -0.15) is 0 Å². The second-order valence-electron chi connectivity index (χ2n) is 8.41. The fraction of sp³-hybridized carbons (Fsp3) is 0.619. The molecule has 0 spiro atoms. The van der Waals surface area contributed by atoms with Gasteiger partial charge in [-0.25, -0.2) is 0 Å². The zero-order chi connectivity index (χ0) is 20.2. The highest BCUT2D eigenvalue weighted by molar-refractivity contribution is 6.74. The van der Waals surface area contributed by atoms with Crippen molar-refractivity contribution in [1.82, 2.24) is 0 Å². The van der Waals surface area contributed by atoms with E-state index in [1.54, 1.807) is 20.3 Å². The van der Waals surface area contributed by atoms with Gasteiger partial charge in [0.15, 0.2) is 14.6 Å². The molecule has 0 aliphatic carbocycles. The Morgan fingerprint density at radius 2 is 1.74 bits per heavy atom. The molecule has 1 aliphatic heterocycles. The Labute approximate surface area is 164 Å². The summed E-state index contributed by atoms with van der Waals surface area (Å²) < 4.78 is 29.6. The number of benzene rings is 1. The molecule has 27 heavy (non-hydrogen) atoms. The fourth-order valence-electron chi connectivity index (χ4n) is 2.77. The third kappa shape index (κ3) is 5.21. The van der Waals surface area contributed by atoms with Crippen LogP contribution in [0.4, 0.5) is 0 Å². The van der Waals surface area contributed by atoms with Crippen LogP contribution in [-0.4, -0.2) is 47.1 Å². The maximum atomic E-state index is 6.63. The van der Waals surface area contributed by atoms with Crippen LogP contribution < -0.4 is 4.74 Å². The van der Waals surface area contributed by atoms with Crippen LogP contribution in [0.1, 0.15) is 26.3 Å². The van der Waals surface area contributed by atoms with Gasteiger partial charge in [-0.05, 0) is 35.8 Å². The van der Waals surface area contributed by atoms with Crippen molar-refractivity contribution in [3.8, 4) is 5.75 Å². The van der Waals surface area contributed by atoms with Gasteiger partial charge in [0.2, 0.25) is 0 Å². The summed E-state index contributed by atoms with van der Waals surface area (Å²) in [5, 5.41) is 0.0814. The van der Waals surface area contributed by atoms with E-state index in [9.17, 15) is 0 Å². The molecule has 0 bridgehead atoms. The molecule has 1 aromatic rings. The Bertz CT molecular complexity index is 608. The average Bonchev–Trinajstić information content (AvgIpc) is 2.95. The summed E-state index contributed by atoms with van der Waals surface area (Å²) >= 11 is 0. The molecule has 0 amide bonds. The zero-order valence-corrected chi connectivity index (χ0v) is 18.7. The van der Waals surface area contributed by atoms with Crippen molar-refractivity contribution in [3.05, 3.63) is 42.5 Å². The summed E-state index contributed by atoms with van der Waals surface area (Å²) in [5.74, 6) is 0.825. The van der Waals surface area contributed by atoms with E-state index in [2.05, 4.69) is 40.4 Å². The van der Waals surface area contributed by atoms with Crippen LogP contribution in [0.15, 0.2) is 36.9 Å². The quantitative estimate of drug-likeness (QED) is 0.479. The van der Waals surface area contributed by atoms with E-state index < -0.39 is 14.6 Å². The van der Waals surface area contributed by atoms with Crippen LogP contribution in [0.25, 0.3) is 0 Å². The van der Waals surface area contributed by atoms with Gasteiger partial charge in [0, 0.05) is 7.11 Å². The first kappa shape index (κ1) is 22.1. The van der Waals surface area contributed by atoms with Gasteiger partial charge in [-0.3, -0.25) is 0 Å². The predicted octanol–water partition coefficient (Wildman–Crippen LogP) is 4.53. The van der Waals surface area contributed by atoms with E-state index in [0.29, 0.717) is 6.61 Å². The van der Waals surface area contributed by atoms with Gasteiger partial charge in [-0.1, -0.05) is 39.0 Å². The Hall–Kier alpha value is -1.18. The SMILES string of the molecule is C=C[C@H]1O[C@@H](OC)[C@@H](O[Si](C)(C)C(C)(C)C)[C@@H]1OCc1ccc(OC)cc1. The fourth-order valence-corrected chi connectivity index (χ4v) is 4.05. The van der Waals surface area contributed by atoms with Crippen LogP contribution in [-0.2, 0) is 25.2 Å². The molecular weight excluding hydrogens is 360 g/mol. The second-order valence-corrected chi connectivity index (χ2v) is 13.2. The van der Waals surface area contributed by atoms with Gasteiger partial charge in [0.1, 0.15) is 24.1 Å². The highest BCUT2D eigenvalue weighted by Crippen LogP contribution is 2.40. The normalized spacial score (nSPS) is 26.2. The first-order valence-corrected chi connectivity index (χ1v) is 12.3. The topological polar surface area (TPSA) is 46.2 Å². The molecule has 6 heteroatoms. The average molecular weight is 395 g/mol. The maximum absolute atomic E-state index is 6.63. The molecule has 1 heterocycles. The molecule has 1 aliphatic rings. The second kappa shape index (κ2) is 8.88. The molecule has 0 saturated carbocycles. The van der Waals surface area contributed by atoms with Crippen LogP contribution in [0, 0.1) is 0 Å². The number of hydrogen-bond acceptors (Lipinski definition) is 5. The molecule has 5 nitrogen and oxygen atoms in total. The van der Waals surface area contributed by atoms with Crippen molar-refractivity contribution in [2.45, 2.75) is 70.1 Å². The molecule has 4 atom stereocenters. The van der Waals surface area contributed by atoms with Gasteiger partial charge >= 0.3 is 0 Å². The Balaban J connectivity index is 2.16. The van der Waals surface area contributed by atoms with E-state index in [1.807, 2.05) is 24.3 Å². The Morgan fingerprint density at radius 1 is 1.11 bits per heavy atom. The summed E-state index contributed by atoms with van der Waals surface area (Å²) in [7, 11) is 1.27. The lowest BCUT2D eigenvalue weighted by Crippen LogP contribution is -2.50. The number of hydrogen-bond donors (Lipinski definition) is 0. The van der Waals surface area contributed by atoms with E-state index in [-0.39, 0.29) is 23.4 Å². The van der Waals surface area contributed by atoms with Gasteiger partial charge in [-0.15, -0.1) is 6.58 Å². The highest BCUT2D eigenvalue weighted by atomic mass is 28.4. The summed E-state index contributed by atoms with van der Waals surface area (Å²) in [6.07, 6.45) is 0.450. The molecule has 0 radical (unpaired) electrons. The first-order chi connectivity index (χ1) is 12.6. The maximum Gasteiger partial charge on any atom is 0.192 e.